The number of aryl methyl sites for hydroxylation is 1. The molecule has 0 aromatic heterocycles. The Morgan fingerprint density at radius 3 is 2.57 bits per heavy atom. The van der Waals surface area contributed by atoms with Crippen molar-refractivity contribution in [2.75, 3.05) is 6.73 Å². The number of benzene rings is 2. The van der Waals surface area contributed by atoms with E-state index in [1.165, 1.54) is 17.7 Å². The van der Waals surface area contributed by atoms with Gasteiger partial charge in [-0.05, 0) is 41.8 Å². The normalized spacial score (nSPS) is 10.2. The minimum Gasteiger partial charge on any atom is -0.473 e. The molecule has 23 heavy (non-hydrogen) atoms. The zero-order valence-corrected chi connectivity index (χ0v) is 13.1. The summed E-state index contributed by atoms with van der Waals surface area (Å²) >= 11 is 0. The summed E-state index contributed by atoms with van der Waals surface area (Å²) in [5, 5.41) is 5.23. The highest BCUT2D eigenvalue weighted by Gasteiger charge is 2.01. The van der Waals surface area contributed by atoms with Crippen molar-refractivity contribution in [1.29, 1.82) is 0 Å². The third-order valence-electron chi connectivity index (χ3n) is 3.28. The van der Waals surface area contributed by atoms with Crippen molar-refractivity contribution in [3.63, 3.8) is 0 Å². The minimum absolute atomic E-state index is 0.0715. The Hall–Kier alpha value is -2.56. The van der Waals surface area contributed by atoms with E-state index in [-0.39, 0.29) is 25.1 Å². The van der Waals surface area contributed by atoms with Crippen molar-refractivity contribution in [2.24, 2.45) is 0 Å². The van der Waals surface area contributed by atoms with Gasteiger partial charge in [-0.15, -0.1) is 0 Å². The summed E-state index contributed by atoms with van der Waals surface area (Å²) < 4.78 is 18.5. The van der Waals surface area contributed by atoms with Crippen LogP contribution in [-0.4, -0.2) is 12.8 Å². The van der Waals surface area contributed by atoms with Gasteiger partial charge in [0.2, 0.25) is 0 Å². The molecule has 2 N–H and O–H groups in total. The number of carbonyl (C=O) groups is 1. The van der Waals surface area contributed by atoms with E-state index in [2.05, 4.69) is 17.6 Å². The lowest BCUT2D eigenvalue weighted by molar-refractivity contribution is 0.223. The smallest absolute Gasteiger partial charge is 0.317 e. The molecular weight excluding hydrogens is 295 g/mol. The zero-order chi connectivity index (χ0) is 16.5. The fourth-order valence-electron chi connectivity index (χ4n) is 2.12. The first-order valence-electron chi connectivity index (χ1n) is 7.65. The van der Waals surface area contributed by atoms with Gasteiger partial charge in [-0.25, -0.2) is 9.18 Å². The van der Waals surface area contributed by atoms with Gasteiger partial charge in [0, 0.05) is 6.54 Å². The van der Waals surface area contributed by atoms with E-state index in [4.69, 9.17) is 4.74 Å². The predicted octanol–water partition coefficient (Wildman–Crippen LogP) is 3.61. The lowest BCUT2D eigenvalue weighted by Gasteiger charge is -2.10. The molecule has 0 aliphatic heterocycles. The van der Waals surface area contributed by atoms with Gasteiger partial charge in [0.15, 0.2) is 6.73 Å². The predicted molar refractivity (Wildman–Crippen MR) is 87.7 cm³/mol. The van der Waals surface area contributed by atoms with Crippen LogP contribution in [-0.2, 0) is 13.0 Å². The molecule has 2 aromatic carbocycles. The number of halogens is 1. The number of ether oxygens (including phenoxy) is 1. The van der Waals surface area contributed by atoms with Crippen LogP contribution in [0.25, 0.3) is 0 Å². The van der Waals surface area contributed by atoms with E-state index >= 15 is 0 Å². The SMILES string of the molecule is CCCc1ccc(OCNC(=O)NCc2cccc(F)c2)cc1. The molecule has 0 aliphatic carbocycles. The van der Waals surface area contributed by atoms with E-state index in [0.717, 1.165) is 12.8 Å². The van der Waals surface area contributed by atoms with E-state index in [1.54, 1.807) is 12.1 Å². The average Bonchev–Trinajstić information content (AvgIpc) is 2.55. The van der Waals surface area contributed by atoms with Gasteiger partial charge in [0.05, 0.1) is 0 Å². The first-order chi connectivity index (χ1) is 11.2. The Morgan fingerprint density at radius 1 is 1.09 bits per heavy atom. The molecule has 122 valence electrons. The van der Waals surface area contributed by atoms with Gasteiger partial charge in [0.25, 0.3) is 0 Å². The number of hydrogen-bond acceptors (Lipinski definition) is 2. The van der Waals surface area contributed by atoms with E-state index < -0.39 is 0 Å². The minimum atomic E-state index is -0.364. The molecule has 2 rings (SSSR count). The largest absolute Gasteiger partial charge is 0.473 e. The molecule has 0 unspecified atom stereocenters. The second-order valence-electron chi connectivity index (χ2n) is 5.17. The quantitative estimate of drug-likeness (QED) is 0.767. The summed E-state index contributed by atoms with van der Waals surface area (Å²) in [6.07, 6.45) is 2.15. The topological polar surface area (TPSA) is 50.4 Å². The van der Waals surface area contributed by atoms with Crippen molar-refractivity contribution in [2.45, 2.75) is 26.3 Å². The Morgan fingerprint density at radius 2 is 1.87 bits per heavy atom. The molecule has 4 nitrogen and oxygen atoms in total. The molecule has 0 atom stereocenters. The van der Waals surface area contributed by atoms with Crippen molar-refractivity contribution in [3.05, 3.63) is 65.5 Å². The molecule has 0 fully saturated rings. The lowest BCUT2D eigenvalue weighted by Crippen LogP contribution is -2.37. The zero-order valence-electron chi connectivity index (χ0n) is 13.1. The van der Waals surface area contributed by atoms with Gasteiger partial charge < -0.3 is 15.4 Å². The third-order valence-corrected chi connectivity index (χ3v) is 3.28. The molecule has 5 heteroatoms. The second-order valence-corrected chi connectivity index (χ2v) is 5.17. The lowest BCUT2D eigenvalue weighted by atomic mass is 10.1. The first-order valence-corrected chi connectivity index (χ1v) is 7.65. The fourth-order valence-corrected chi connectivity index (χ4v) is 2.12. The number of hydrogen-bond donors (Lipinski definition) is 2. The fraction of sp³-hybridized carbons (Fsp3) is 0.278. The van der Waals surface area contributed by atoms with E-state index in [0.29, 0.717) is 11.3 Å². The van der Waals surface area contributed by atoms with Crippen LogP contribution in [0, 0.1) is 5.82 Å². The van der Waals surface area contributed by atoms with Crippen LogP contribution in [0.1, 0.15) is 24.5 Å². The van der Waals surface area contributed by atoms with Gasteiger partial charge >= 0.3 is 6.03 Å². The van der Waals surface area contributed by atoms with Crippen molar-refractivity contribution in [3.8, 4) is 5.75 Å². The standard InChI is InChI=1S/C18H21FN2O2/c1-2-4-14-7-9-17(10-8-14)23-13-21-18(22)20-12-15-5-3-6-16(19)11-15/h3,5-11H,2,4,12-13H2,1H3,(H2,20,21,22). The summed E-state index contributed by atoms with van der Waals surface area (Å²) in [5.74, 6) is 0.384. The molecular formula is C18H21FN2O2. The monoisotopic (exact) mass is 316 g/mol. The molecule has 0 saturated heterocycles. The molecule has 2 amide bonds. The number of carbonyl (C=O) groups excluding carboxylic acids is 1. The van der Waals surface area contributed by atoms with Crippen LogP contribution in [0.15, 0.2) is 48.5 Å². The number of urea groups is 1. The van der Waals surface area contributed by atoms with Crippen LogP contribution >= 0.6 is 0 Å². The van der Waals surface area contributed by atoms with Gasteiger partial charge in [-0.1, -0.05) is 37.6 Å². The van der Waals surface area contributed by atoms with Crippen molar-refractivity contribution < 1.29 is 13.9 Å². The Labute approximate surface area is 135 Å². The Balaban J connectivity index is 1.68. The highest BCUT2D eigenvalue weighted by molar-refractivity contribution is 5.73. The molecule has 0 aliphatic rings. The van der Waals surface area contributed by atoms with Gasteiger partial charge in [-0.2, -0.15) is 0 Å². The molecule has 0 bridgehead atoms. The van der Waals surface area contributed by atoms with Gasteiger partial charge in [-0.3, -0.25) is 0 Å². The Bertz CT molecular complexity index is 629. The van der Waals surface area contributed by atoms with Crippen LogP contribution in [0.3, 0.4) is 0 Å². The number of amides is 2. The highest BCUT2D eigenvalue weighted by Crippen LogP contribution is 2.12. The molecule has 0 heterocycles. The molecule has 0 spiro atoms. The van der Waals surface area contributed by atoms with E-state index in [9.17, 15) is 9.18 Å². The maximum Gasteiger partial charge on any atom is 0.317 e. The first kappa shape index (κ1) is 16.8. The average molecular weight is 316 g/mol. The van der Waals surface area contributed by atoms with E-state index in [1.807, 2.05) is 24.3 Å². The third kappa shape index (κ3) is 5.98. The summed E-state index contributed by atoms with van der Waals surface area (Å²) in [5.41, 5.74) is 1.97. The summed E-state index contributed by atoms with van der Waals surface area (Å²) in [6, 6.07) is 13.5. The van der Waals surface area contributed by atoms with Crippen molar-refractivity contribution >= 4 is 6.03 Å². The molecule has 0 radical (unpaired) electrons. The summed E-state index contributed by atoms with van der Waals surface area (Å²) in [7, 11) is 0. The summed E-state index contributed by atoms with van der Waals surface area (Å²) in [6.45, 7) is 2.47. The maximum absolute atomic E-state index is 13.0. The number of rotatable bonds is 7. The summed E-state index contributed by atoms with van der Waals surface area (Å²) in [4.78, 5) is 11.6. The van der Waals surface area contributed by atoms with Crippen LogP contribution < -0.4 is 15.4 Å². The van der Waals surface area contributed by atoms with Crippen molar-refractivity contribution in [1.82, 2.24) is 10.6 Å². The highest BCUT2D eigenvalue weighted by atomic mass is 19.1. The van der Waals surface area contributed by atoms with Crippen LogP contribution in [0.2, 0.25) is 0 Å². The van der Waals surface area contributed by atoms with Gasteiger partial charge in [0.1, 0.15) is 11.6 Å². The Kier molecular flexibility index (Phi) is 6.41. The maximum atomic E-state index is 13.0. The molecule has 2 aromatic rings. The van der Waals surface area contributed by atoms with Crippen LogP contribution in [0.5, 0.6) is 5.75 Å². The second kappa shape index (κ2) is 8.78. The number of nitrogens with one attached hydrogen (secondary N) is 2. The van der Waals surface area contributed by atoms with Crippen LogP contribution in [0.4, 0.5) is 9.18 Å². The molecule has 0 saturated carbocycles.